The van der Waals surface area contributed by atoms with E-state index < -0.39 is 0 Å². The molecule has 3 nitrogen and oxygen atoms in total. The summed E-state index contributed by atoms with van der Waals surface area (Å²) in [7, 11) is 3.78. The molecule has 0 amide bonds. The zero-order chi connectivity index (χ0) is 14.7. The lowest BCUT2D eigenvalue weighted by Crippen LogP contribution is -2.20. The molecule has 1 atom stereocenters. The van der Waals surface area contributed by atoms with Crippen molar-refractivity contribution in [1.82, 2.24) is 15.1 Å². The molecule has 2 rings (SSSR count). The summed E-state index contributed by atoms with van der Waals surface area (Å²) in [4.78, 5) is 0. The Morgan fingerprint density at radius 2 is 2.20 bits per heavy atom. The Kier molecular flexibility index (Phi) is 4.78. The van der Waals surface area contributed by atoms with E-state index in [0.717, 1.165) is 29.9 Å². The van der Waals surface area contributed by atoms with Crippen molar-refractivity contribution in [2.24, 2.45) is 7.05 Å². The Balaban J connectivity index is 2.30. The van der Waals surface area contributed by atoms with Crippen LogP contribution in [0, 0.1) is 12.7 Å². The normalized spacial score (nSPS) is 12.7. The first kappa shape index (κ1) is 15.0. The molecule has 0 aliphatic rings. The summed E-state index contributed by atoms with van der Waals surface area (Å²) in [6, 6.07) is 6.73. The standard InChI is InChI=1S/C15H19ClFN3/c1-10-15(16)14(20(3)19-10)8-12(9-18-2)11-5-4-6-13(17)7-11/h4-7,12,18H,8-9H2,1-3H3. The number of rotatable bonds is 5. The lowest BCUT2D eigenvalue weighted by molar-refractivity contribution is 0.580. The van der Waals surface area contributed by atoms with E-state index in [1.165, 1.54) is 6.07 Å². The number of benzene rings is 1. The highest BCUT2D eigenvalue weighted by Gasteiger charge is 2.18. The van der Waals surface area contributed by atoms with Gasteiger partial charge in [-0.2, -0.15) is 5.10 Å². The number of nitrogens with one attached hydrogen (secondary N) is 1. The number of hydrogen-bond acceptors (Lipinski definition) is 2. The molecule has 1 heterocycles. The van der Waals surface area contributed by atoms with Crippen LogP contribution in [0.2, 0.25) is 5.02 Å². The molecular weight excluding hydrogens is 277 g/mol. The van der Waals surface area contributed by atoms with Gasteiger partial charge in [0.1, 0.15) is 5.82 Å². The summed E-state index contributed by atoms with van der Waals surface area (Å²) in [5, 5.41) is 8.18. The maximum Gasteiger partial charge on any atom is 0.123 e. The van der Waals surface area contributed by atoms with Gasteiger partial charge in [0.25, 0.3) is 0 Å². The Morgan fingerprint density at radius 3 is 2.75 bits per heavy atom. The van der Waals surface area contributed by atoms with Crippen LogP contribution < -0.4 is 5.32 Å². The minimum Gasteiger partial charge on any atom is -0.319 e. The van der Waals surface area contributed by atoms with Crippen LogP contribution in [0.25, 0.3) is 0 Å². The van der Waals surface area contributed by atoms with Crippen molar-refractivity contribution in [3.8, 4) is 0 Å². The molecule has 1 unspecified atom stereocenters. The molecule has 0 fully saturated rings. The van der Waals surface area contributed by atoms with Gasteiger partial charge in [0.2, 0.25) is 0 Å². The Bertz CT molecular complexity index is 595. The highest BCUT2D eigenvalue weighted by atomic mass is 35.5. The molecule has 2 aromatic rings. The van der Waals surface area contributed by atoms with E-state index in [9.17, 15) is 4.39 Å². The van der Waals surface area contributed by atoms with Crippen molar-refractivity contribution in [2.75, 3.05) is 13.6 Å². The molecule has 0 radical (unpaired) electrons. The third kappa shape index (κ3) is 3.19. The first-order valence-corrected chi connectivity index (χ1v) is 6.98. The van der Waals surface area contributed by atoms with E-state index in [1.807, 2.05) is 27.1 Å². The summed E-state index contributed by atoms with van der Waals surface area (Å²) in [5.74, 6) is -0.0566. The Morgan fingerprint density at radius 1 is 1.45 bits per heavy atom. The van der Waals surface area contributed by atoms with Gasteiger partial charge in [-0.3, -0.25) is 4.68 Å². The summed E-state index contributed by atoms with van der Waals surface area (Å²) in [5.41, 5.74) is 2.77. The Hall–Kier alpha value is -1.39. The van der Waals surface area contributed by atoms with Crippen molar-refractivity contribution in [2.45, 2.75) is 19.3 Å². The zero-order valence-corrected chi connectivity index (χ0v) is 12.7. The van der Waals surface area contributed by atoms with Crippen LogP contribution in [0.1, 0.15) is 22.9 Å². The van der Waals surface area contributed by atoms with Gasteiger partial charge in [-0.15, -0.1) is 0 Å². The molecule has 108 valence electrons. The van der Waals surface area contributed by atoms with E-state index in [4.69, 9.17) is 11.6 Å². The van der Waals surface area contributed by atoms with Crippen molar-refractivity contribution in [1.29, 1.82) is 0 Å². The van der Waals surface area contributed by atoms with Crippen LogP contribution in [-0.4, -0.2) is 23.4 Å². The fraction of sp³-hybridized carbons (Fsp3) is 0.400. The van der Waals surface area contributed by atoms with Gasteiger partial charge in [0, 0.05) is 19.5 Å². The minimum absolute atomic E-state index is 0.156. The average molecular weight is 296 g/mol. The van der Waals surface area contributed by atoms with Gasteiger partial charge in [-0.05, 0) is 38.1 Å². The topological polar surface area (TPSA) is 29.9 Å². The number of hydrogen-bond donors (Lipinski definition) is 1. The second-order valence-corrected chi connectivity index (χ2v) is 5.36. The molecule has 0 aliphatic heterocycles. The molecular formula is C15H19ClFN3. The molecule has 1 N–H and O–H groups in total. The highest BCUT2D eigenvalue weighted by Crippen LogP contribution is 2.27. The van der Waals surface area contributed by atoms with Gasteiger partial charge >= 0.3 is 0 Å². The van der Waals surface area contributed by atoms with Gasteiger partial charge in [0.05, 0.1) is 16.4 Å². The van der Waals surface area contributed by atoms with Gasteiger partial charge in [-0.1, -0.05) is 23.7 Å². The highest BCUT2D eigenvalue weighted by molar-refractivity contribution is 6.31. The summed E-state index contributed by atoms with van der Waals surface area (Å²) in [6.07, 6.45) is 0.723. The van der Waals surface area contributed by atoms with Gasteiger partial charge < -0.3 is 5.32 Å². The fourth-order valence-electron chi connectivity index (χ4n) is 2.45. The third-order valence-corrected chi connectivity index (χ3v) is 3.96. The fourth-order valence-corrected chi connectivity index (χ4v) is 2.69. The van der Waals surface area contributed by atoms with Crippen molar-refractivity contribution in [3.05, 3.63) is 52.1 Å². The van der Waals surface area contributed by atoms with E-state index in [2.05, 4.69) is 10.4 Å². The SMILES string of the molecule is CNCC(Cc1c(Cl)c(C)nn1C)c1cccc(F)c1. The number of aryl methyl sites for hydroxylation is 2. The van der Waals surface area contributed by atoms with E-state index in [0.29, 0.717) is 5.02 Å². The second-order valence-electron chi connectivity index (χ2n) is 4.98. The average Bonchev–Trinajstić information content (AvgIpc) is 2.64. The first-order chi connectivity index (χ1) is 9.52. The molecule has 5 heteroatoms. The van der Waals surface area contributed by atoms with Crippen molar-refractivity contribution in [3.63, 3.8) is 0 Å². The predicted molar refractivity (Wildman–Crippen MR) is 79.7 cm³/mol. The molecule has 0 saturated carbocycles. The molecule has 0 aliphatic carbocycles. The molecule has 1 aromatic carbocycles. The second kappa shape index (κ2) is 6.37. The molecule has 0 bridgehead atoms. The molecule has 0 spiro atoms. The quantitative estimate of drug-likeness (QED) is 0.919. The lowest BCUT2D eigenvalue weighted by Gasteiger charge is -2.17. The van der Waals surface area contributed by atoms with Gasteiger partial charge in [-0.25, -0.2) is 4.39 Å². The van der Waals surface area contributed by atoms with Crippen molar-refractivity contribution >= 4 is 11.6 Å². The van der Waals surface area contributed by atoms with Crippen molar-refractivity contribution < 1.29 is 4.39 Å². The maximum atomic E-state index is 13.4. The van der Waals surface area contributed by atoms with Crippen LogP contribution in [-0.2, 0) is 13.5 Å². The monoisotopic (exact) mass is 295 g/mol. The minimum atomic E-state index is -0.212. The Labute approximate surface area is 123 Å². The van der Waals surface area contributed by atoms with Crippen LogP contribution in [0.3, 0.4) is 0 Å². The summed E-state index contributed by atoms with van der Waals surface area (Å²) in [6.45, 7) is 2.64. The van der Waals surface area contributed by atoms with Crippen LogP contribution >= 0.6 is 11.6 Å². The first-order valence-electron chi connectivity index (χ1n) is 6.61. The van der Waals surface area contributed by atoms with Crippen LogP contribution in [0.5, 0.6) is 0 Å². The molecule has 0 saturated heterocycles. The largest absolute Gasteiger partial charge is 0.319 e. The third-order valence-electron chi connectivity index (χ3n) is 3.47. The lowest BCUT2D eigenvalue weighted by atomic mass is 9.94. The summed E-state index contributed by atoms with van der Waals surface area (Å²) < 4.78 is 15.2. The molecule has 20 heavy (non-hydrogen) atoms. The summed E-state index contributed by atoms with van der Waals surface area (Å²) >= 11 is 6.30. The van der Waals surface area contributed by atoms with Crippen LogP contribution in [0.15, 0.2) is 24.3 Å². The number of halogens is 2. The molecule has 1 aromatic heterocycles. The van der Waals surface area contributed by atoms with Crippen LogP contribution in [0.4, 0.5) is 4.39 Å². The van der Waals surface area contributed by atoms with E-state index in [-0.39, 0.29) is 11.7 Å². The maximum absolute atomic E-state index is 13.4. The van der Waals surface area contributed by atoms with E-state index >= 15 is 0 Å². The van der Waals surface area contributed by atoms with E-state index in [1.54, 1.807) is 16.8 Å². The van der Waals surface area contributed by atoms with Gasteiger partial charge in [0.15, 0.2) is 0 Å². The number of nitrogens with zero attached hydrogens (tertiary/aromatic N) is 2. The zero-order valence-electron chi connectivity index (χ0n) is 12.0. The number of aromatic nitrogens is 2. The smallest absolute Gasteiger partial charge is 0.123 e. The number of likely N-dealkylation sites (N-methyl/N-ethyl adjacent to an activating group) is 1. The predicted octanol–water partition coefficient (Wildman–Crippen LogP) is 3.07.